The highest BCUT2D eigenvalue weighted by Gasteiger charge is 2.38. The number of likely N-dealkylation sites (N-methyl/N-ethyl adjacent to an activating group) is 1. The molecule has 2 N–H and O–H groups in total. The van der Waals surface area contributed by atoms with Gasteiger partial charge in [0.15, 0.2) is 0 Å². The molecule has 1 aliphatic rings. The first-order chi connectivity index (χ1) is 10.6. The zero-order valence-electron chi connectivity index (χ0n) is 12.9. The molecule has 1 heterocycles. The predicted octanol–water partition coefficient (Wildman–Crippen LogP) is 2.10. The molecule has 5 heteroatoms. The number of aromatic nitrogens is 2. The van der Waals surface area contributed by atoms with E-state index in [1.54, 1.807) is 11.1 Å². The van der Waals surface area contributed by atoms with Gasteiger partial charge in [-0.1, -0.05) is 31.0 Å². The zero-order chi connectivity index (χ0) is 15.6. The van der Waals surface area contributed by atoms with E-state index in [0.717, 1.165) is 36.9 Å². The third kappa shape index (κ3) is 2.90. The Morgan fingerprint density at radius 3 is 2.68 bits per heavy atom. The van der Waals surface area contributed by atoms with E-state index in [4.69, 9.17) is 5.73 Å². The second-order valence-corrected chi connectivity index (χ2v) is 6.15. The van der Waals surface area contributed by atoms with Crippen molar-refractivity contribution in [3.05, 3.63) is 48.3 Å². The largest absolute Gasteiger partial charge is 0.340 e. The van der Waals surface area contributed by atoms with Crippen molar-refractivity contribution >= 4 is 5.91 Å². The Morgan fingerprint density at radius 2 is 2.00 bits per heavy atom. The highest BCUT2D eigenvalue weighted by Crippen LogP contribution is 2.29. The third-order valence-corrected chi connectivity index (χ3v) is 4.34. The Hall–Kier alpha value is -2.14. The molecule has 0 saturated heterocycles. The van der Waals surface area contributed by atoms with Gasteiger partial charge in [-0.15, -0.1) is 0 Å². The van der Waals surface area contributed by atoms with Gasteiger partial charge in [0.2, 0.25) is 5.91 Å². The maximum absolute atomic E-state index is 12.5. The van der Waals surface area contributed by atoms with Crippen molar-refractivity contribution < 1.29 is 4.79 Å². The quantitative estimate of drug-likeness (QED) is 0.940. The first-order valence-electron chi connectivity index (χ1n) is 7.72. The molecular formula is C17H22N4O. The number of benzene rings is 1. The van der Waals surface area contributed by atoms with E-state index in [1.165, 1.54) is 0 Å². The van der Waals surface area contributed by atoms with Gasteiger partial charge in [0, 0.05) is 25.4 Å². The van der Waals surface area contributed by atoms with Crippen LogP contribution < -0.4 is 5.73 Å². The molecule has 3 rings (SSSR count). The Bertz CT molecular complexity index is 644. The molecule has 2 aromatic rings. The van der Waals surface area contributed by atoms with E-state index in [0.29, 0.717) is 6.54 Å². The van der Waals surface area contributed by atoms with Crippen LogP contribution in [0.3, 0.4) is 0 Å². The van der Waals surface area contributed by atoms with Crippen molar-refractivity contribution in [2.75, 3.05) is 7.05 Å². The van der Waals surface area contributed by atoms with Crippen LogP contribution in [0.4, 0.5) is 0 Å². The summed E-state index contributed by atoms with van der Waals surface area (Å²) in [7, 11) is 1.81. The van der Waals surface area contributed by atoms with E-state index in [1.807, 2.05) is 48.3 Å². The number of para-hydroxylation sites is 1. The highest BCUT2D eigenvalue weighted by atomic mass is 16.2. The smallest absolute Gasteiger partial charge is 0.242 e. The molecule has 0 spiro atoms. The second-order valence-electron chi connectivity index (χ2n) is 6.15. The van der Waals surface area contributed by atoms with E-state index >= 15 is 0 Å². The maximum Gasteiger partial charge on any atom is 0.242 e. The number of nitrogens with zero attached hydrogens (tertiary/aromatic N) is 3. The molecule has 1 amide bonds. The molecule has 0 aliphatic heterocycles. The normalized spacial score (nSPS) is 16.6. The van der Waals surface area contributed by atoms with Crippen molar-refractivity contribution in [1.82, 2.24) is 14.7 Å². The Balaban J connectivity index is 1.68. The van der Waals surface area contributed by atoms with Crippen molar-refractivity contribution in [2.45, 2.75) is 37.8 Å². The minimum absolute atomic E-state index is 0.0393. The molecule has 5 nitrogen and oxygen atoms in total. The first-order valence-corrected chi connectivity index (χ1v) is 7.72. The molecule has 1 fully saturated rings. The van der Waals surface area contributed by atoms with Crippen LogP contribution in [0.5, 0.6) is 0 Å². The molecule has 1 aromatic carbocycles. The summed E-state index contributed by atoms with van der Waals surface area (Å²) < 4.78 is 1.82. The summed E-state index contributed by atoms with van der Waals surface area (Å²) in [6.07, 6.45) is 7.43. The van der Waals surface area contributed by atoms with Crippen LogP contribution in [0.1, 0.15) is 31.2 Å². The number of hydrogen-bond donors (Lipinski definition) is 1. The van der Waals surface area contributed by atoms with Gasteiger partial charge >= 0.3 is 0 Å². The molecular weight excluding hydrogens is 276 g/mol. The third-order valence-electron chi connectivity index (χ3n) is 4.34. The van der Waals surface area contributed by atoms with E-state index in [9.17, 15) is 4.79 Å². The summed E-state index contributed by atoms with van der Waals surface area (Å²) in [5.74, 6) is 0.0393. The fraction of sp³-hybridized carbons (Fsp3) is 0.412. The zero-order valence-corrected chi connectivity index (χ0v) is 12.9. The van der Waals surface area contributed by atoms with Crippen LogP contribution in [0, 0.1) is 0 Å². The van der Waals surface area contributed by atoms with Gasteiger partial charge in [-0.25, -0.2) is 4.68 Å². The summed E-state index contributed by atoms with van der Waals surface area (Å²) in [5.41, 5.74) is 7.59. The van der Waals surface area contributed by atoms with Crippen LogP contribution in [0.25, 0.3) is 5.69 Å². The average Bonchev–Trinajstić information content (AvgIpc) is 3.17. The molecule has 1 aliphatic carbocycles. The van der Waals surface area contributed by atoms with Crippen molar-refractivity contribution in [1.29, 1.82) is 0 Å². The van der Waals surface area contributed by atoms with Gasteiger partial charge in [0.25, 0.3) is 0 Å². The number of hydrogen-bond acceptors (Lipinski definition) is 3. The molecule has 22 heavy (non-hydrogen) atoms. The summed E-state index contributed by atoms with van der Waals surface area (Å²) >= 11 is 0. The summed E-state index contributed by atoms with van der Waals surface area (Å²) in [5, 5.41) is 4.36. The van der Waals surface area contributed by atoms with Crippen LogP contribution in [-0.4, -0.2) is 33.2 Å². The van der Waals surface area contributed by atoms with Gasteiger partial charge in [-0.2, -0.15) is 5.10 Å². The van der Waals surface area contributed by atoms with E-state index in [-0.39, 0.29) is 5.91 Å². The van der Waals surface area contributed by atoms with Gasteiger partial charge in [0.05, 0.1) is 17.4 Å². The topological polar surface area (TPSA) is 64.2 Å². The number of carbonyl (C=O) groups is 1. The molecule has 0 radical (unpaired) electrons. The lowest BCUT2D eigenvalue weighted by Gasteiger charge is -2.28. The van der Waals surface area contributed by atoms with Gasteiger partial charge < -0.3 is 10.6 Å². The van der Waals surface area contributed by atoms with Crippen molar-refractivity contribution in [2.24, 2.45) is 5.73 Å². The average molecular weight is 298 g/mol. The van der Waals surface area contributed by atoms with E-state index < -0.39 is 5.54 Å². The number of amides is 1. The number of rotatable bonds is 4. The maximum atomic E-state index is 12.5. The summed E-state index contributed by atoms with van der Waals surface area (Å²) in [6.45, 7) is 0.532. The van der Waals surface area contributed by atoms with Gasteiger partial charge in [-0.3, -0.25) is 4.79 Å². The lowest BCUT2D eigenvalue weighted by Crippen LogP contribution is -2.52. The second kappa shape index (κ2) is 5.93. The highest BCUT2D eigenvalue weighted by molar-refractivity contribution is 5.86. The van der Waals surface area contributed by atoms with Crippen LogP contribution in [0.2, 0.25) is 0 Å². The Morgan fingerprint density at radius 1 is 1.32 bits per heavy atom. The minimum atomic E-state index is -0.663. The van der Waals surface area contributed by atoms with Crippen LogP contribution in [-0.2, 0) is 11.3 Å². The summed E-state index contributed by atoms with van der Waals surface area (Å²) in [4.78, 5) is 14.2. The van der Waals surface area contributed by atoms with Crippen LogP contribution >= 0.6 is 0 Å². The standard InChI is InChI=1S/C17H22N4O/c1-20(16(22)17(18)9-5-6-10-17)12-14-11-19-21(13-14)15-7-3-2-4-8-15/h2-4,7-8,11,13H,5-6,9-10,12,18H2,1H3. The van der Waals surface area contributed by atoms with Gasteiger partial charge in [-0.05, 0) is 25.0 Å². The molecule has 1 saturated carbocycles. The molecule has 0 bridgehead atoms. The molecule has 1 aromatic heterocycles. The van der Waals surface area contributed by atoms with Crippen LogP contribution in [0.15, 0.2) is 42.7 Å². The predicted molar refractivity (Wildman–Crippen MR) is 85.4 cm³/mol. The minimum Gasteiger partial charge on any atom is -0.340 e. The lowest BCUT2D eigenvalue weighted by atomic mass is 9.97. The fourth-order valence-corrected chi connectivity index (χ4v) is 3.11. The van der Waals surface area contributed by atoms with Crippen molar-refractivity contribution in [3.8, 4) is 5.69 Å². The Labute approximate surface area is 130 Å². The molecule has 116 valence electrons. The molecule has 0 atom stereocenters. The van der Waals surface area contributed by atoms with E-state index in [2.05, 4.69) is 5.10 Å². The monoisotopic (exact) mass is 298 g/mol. The fourth-order valence-electron chi connectivity index (χ4n) is 3.11. The lowest BCUT2D eigenvalue weighted by molar-refractivity contribution is -0.136. The summed E-state index contributed by atoms with van der Waals surface area (Å²) in [6, 6.07) is 9.93. The molecule has 0 unspecified atom stereocenters. The number of carbonyl (C=O) groups excluding carboxylic acids is 1. The number of nitrogens with two attached hydrogens (primary N) is 1. The van der Waals surface area contributed by atoms with Gasteiger partial charge in [0.1, 0.15) is 0 Å². The first kappa shape index (κ1) is 14.8. The SMILES string of the molecule is CN(Cc1cnn(-c2ccccc2)c1)C(=O)C1(N)CCCC1. The van der Waals surface area contributed by atoms with Crippen molar-refractivity contribution in [3.63, 3.8) is 0 Å². The Kier molecular flexibility index (Phi) is 3.98.